The summed E-state index contributed by atoms with van der Waals surface area (Å²) in [7, 11) is 1.88. The molecule has 1 unspecified atom stereocenters. The van der Waals surface area contributed by atoms with Crippen LogP contribution >= 0.6 is 11.6 Å². The maximum absolute atomic E-state index is 6.40. The number of rotatable bonds is 4. The highest BCUT2D eigenvalue weighted by Crippen LogP contribution is 2.32. The second-order valence-corrected chi connectivity index (χ2v) is 9.42. The van der Waals surface area contributed by atoms with Gasteiger partial charge in [-0.1, -0.05) is 44.5 Å². The van der Waals surface area contributed by atoms with E-state index >= 15 is 0 Å². The van der Waals surface area contributed by atoms with E-state index in [4.69, 9.17) is 16.7 Å². The number of aromatic nitrogens is 4. The lowest BCUT2D eigenvalue weighted by Crippen LogP contribution is -2.25. The molecule has 5 nitrogen and oxygen atoms in total. The zero-order valence-corrected chi connectivity index (χ0v) is 18.7. The molecular weight excluding hydrogens is 382 g/mol. The Labute approximate surface area is 178 Å². The maximum Gasteiger partial charge on any atom is 0.131 e. The van der Waals surface area contributed by atoms with Crippen molar-refractivity contribution in [2.45, 2.75) is 65.0 Å². The van der Waals surface area contributed by atoms with Gasteiger partial charge in [0.1, 0.15) is 5.15 Å². The van der Waals surface area contributed by atoms with Crippen LogP contribution in [0.1, 0.15) is 67.7 Å². The molecule has 154 valence electrons. The van der Waals surface area contributed by atoms with E-state index < -0.39 is 0 Å². The molecule has 1 N–H and O–H groups in total. The highest BCUT2D eigenvalue weighted by molar-refractivity contribution is 6.30. The Morgan fingerprint density at radius 3 is 2.55 bits per heavy atom. The summed E-state index contributed by atoms with van der Waals surface area (Å²) in [6.45, 7) is 9.45. The Hall–Kier alpha value is -2.11. The fourth-order valence-corrected chi connectivity index (χ4v) is 4.44. The summed E-state index contributed by atoms with van der Waals surface area (Å²) in [6, 6.07) is 9.09. The van der Waals surface area contributed by atoms with E-state index in [1.807, 2.05) is 20.2 Å². The van der Waals surface area contributed by atoms with Crippen molar-refractivity contribution < 1.29 is 0 Å². The Bertz CT molecular complexity index is 1010. The quantitative estimate of drug-likeness (QED) is 0.654. The minimum atomic E-state index is 0.156. The van der Waals surface area contributed by atoms with Crippen LogP contribution in [-0.2, 0) is 25.4 Å². The fourth-order valence-electron chi connectivity index (χ4n) is 4.19. The van der Waals surface area contributed by atoms with Gasteiger partial charge in [-0.25, -0.2) is 4.68 Å². The van der Waals surface area contributed by atoms with Crippen molar-refractivity contribution in [3.8, 4) is 5.69 Å². The molecule has 3 aromatic rings. The van der Waals surface area contributed by atoms with Gasteiger partial charge in [-0.05, 0) is 49.3 Å². The smallest absolute Gasteiger partial charge is 0.131 e. The number of nitrogens with one attached hydrogen (secondary N) is 1. The van der Waals surface area contributed by atoms with Crippen LogP contribution in [0, 0.1) is 6.92 Å². The number of nitrogens with zero attached hydrogens (tertiary/aromatic N) is 4. The normalized spacial score (nSPS) is 16.8. The summed E-state index contributed by atoms with van der Waals surface area (Å²) in [4.78, 5) is 0. The number of benzene rings is 1. The predicted octanol–water partition coefficient (Wildman–Crippen LogP) is 5.03. The van der Waals surface area contributed by atoms with Crippen LogP contribution in [0.2, 0.25) is 5.15 Å². The topological polar surface area (TPSA) is 47.7 Å². The lowest BCUT2D eigenvalue weighted by molar-refractivity contribution is 0.454. The number of halogens is 1. The molecule has 2 aromatic heterocycles. The minimum Gasteiger partial charge on any atom is -0.306 e. The lowest BCUT2D eigenvalue weighted by Gasteiger charge is -2.24. The molecule has 1 aromatic carbocycles. The zero-order valence-electron chi connectivity index (χ0n) is 18.0. The summed E-state index contributed by atoms with van der Waals surface area (Å²) in [6.07, 6.45) is 5.34. The summed E-state index contributed by atoms with van der Waals surface area (Å²) in [5.74, 6) is 0. The maximum atomic E-state index is 6.40. The number of aryl methyl sites for hydroxylation is 2. The molecule has 1 atom stereocenters. The summed E-state index contributed by atoms with van der Waals surface area (Å²) >= 11 is 6.40. The highest BCUT2D eigenvalue weighted by Gasteiger charge is 2.25. The molecule has 2 heterocycles. The van der Waals surface area contributed by atoms with Crippen LogP contribution in [0.15, 0.2) is 30.5 Å². The number of hydrogen-bond donors (Lipinski definition) is 1. The Balaban J connectivity index is 1.56. The number of hydrogen-bond acceptors (Lipinski definition) is 3. The van der Waals surface area contributed by atoms with Gasteiger partial charge >= 0.3 is 0 Å². The third kappa shape index (κ3) is 3.86. The molecule has 0 radical (unpaired) electrons. The van der Waals surface area contributed by atoms with Gasteiger partial charge in [0, 0.05) is 36.5 Å². The summed E-state index contributed by atoms with van der Waals surface area (Å²) in [5, 5.41) is 13.6. The highest BCUT2D eigenvalue weighted by atomic mass is 35.5. The van der Waals surface area contributed by atoms with Gasteiger partial charge in [0.25, 0.3) is 0 Å². The van der Waals surface area contributed by atoms with Crippen molar-refractivity contribution in [2.24, 2.45) is 7.05 Å². The van der Waals surface area contributed by atoms with Crippen molar-refractivity contribution in [1.29, 1.82) is 0 Å². The van der Waals surface area contributed by atoms with Crippen LogP contribution < -0.4 is 5.32 Å². The van der Waals surface area contributed by atoms with Crippen molar-refractivity contribution in [2.75, 3.05) is 0 Å². The van der Waals surface area contributed by atoms with Gasteiger partial charge < -0.3 is 5.32 Å². The minimum absolute atomic E-state index is 0.156. The summed E-state index contributed by atoms with van der Waals surface area (Å²) in [5.41, 5.74) is 7.29. The molecule has 0 saturated carbocycles. The van der Waals surface area contributed by atoms with E-state index in [2.05, 4.69) is 60.1 Å². The molecule has 4 rings (SSSR count). The van der Waals surface area contributed by atoms with Crippen LogP contribution in [0.25, 0.3) is 5.69 Å². The molecule has 0 fully saturated rings. The Morgan fingerprint density at radius 2 is 1.93 bits per heavy atom. The lowest BCUT2D eigenvalue weighted by atomic mass is 9.87. The van der Waals surface area contributed by atoms with Gasteiger partial charge in [0.15, 0.2) is 0 Å². The first-order valence-corrected chi connectivity index (χ1v) is 10.7. The van der Waals surface area contributed by atoms with Crippen LogP contribution in [0.3, 0.4) is 0 Å². The monoisotopic (exact) mass is 411 g/mol. The van der Waals surface area contributed by atoms with Crippen LogP contribution in [-0.4, -0.2) is 19.6 Å². The molecule has 1 aliphatic rings. The van der Waals surface area contributed by atoms with Crippen molar-refractivity contribution in [1.82, 2.24) is 24.9 Å². The summed E-state index contributed by atoms with van der Waals surface area (Å²) < 4.78 is 3.84. The van der Waals surface area contributed by atoms with Crippen LogP contribution in [0.5, 0.6) is 0 Å². The molecule has 0 spiro atoms. The van der Waals surface area contributed by atoms with E-state index in [0.717, 1.165) is 36.2 Å². The second-order valence-electron chi connectivity index (χ2n) is 9.06. The fraction of sp³-hybridized carbons (Fsp3) is 0.478. The standard InChI is InChI=1S/C23H30ClN5/c1-15-18(22(24)28(5)27-15)13-25-20-7-6-8-21-19(20)14-26-29(21)17-11-9-16(10-12-17)23(2,3)4/h9-12,14,20,25H,6-8,13H2,1-5H3. The van der Waals surface area contributed by atoms with Gasteiger partial charge in [-0.2, -0.15) is 10.2 Å². The Morgan fingerprint density at radius 1 is 1.21 bits per heavy atom. The predicted molar refractivity (Wildman–Crippen MR) is 118 cm³/mol. The molecule has 0 amide bonds. The first-order valence-electron chi connectivity index (χ1n) is 10.3. The molecule has 1 aliphatic carbocycles. The second kappa shape index (κ2) is 7.62. The van der Waals surface area contributed by atoms with E-state index in [1.165, 1.54) is 16.8 Å². The van der Waals surface area contributed by atoms with Crippen molar-refractivity contribution >= 4 is 11.6 Å². The molecule has 0 bridgehead atoms. The zero-order chi connectivity index (χ0) is 20.8. The van der Waals surface area contributed by atoms with Gasteiger partial charge in [-0.3, -0.25) is 4.68 Å². The van der Waals surface area contributed by atoms with E-state index in [1.54, 1.807) is 4.68 Å². The molecule has 29 heavy (non-hydrogen) atoms. The molecule has 6 heteroatoms. The van der Waals surface area contributed by atoms with E-state index in [0.29, 0.717) is 11.7 Å². The number of fused-ring (bicyclic) bond motifs is 1. The van der Waals surface area contributed by atoms with Gasteiger partial charge in [0.2, 0.25) is 0 Å². The van der Waals surface area contributed by atoms with Gasteiger partial charge in [0.05, 0.1) is 17.6 Å². The largest absolute Gasteiger partial charge is 0.306 e. The average molecular weight is 412 g/mol. The third-order valence-electron chi connectivity index (χ3n) is 5.96. The molecule has 0 saturated heterocycles. The van der Waals surface area contributed by atoms with Crippen molar-refractivity contribution in [3.05, 3.63) is 63.7 Å². The average Bonchev–Trinajstić information content (AvgIpc) is 3.21. The van der Waals surface area contributed by atoms with Crippen molar-refractivity contribution in [3.63, 3.8) is 0 Å². The van der Waals surface area contributed by atoms with Gasteiger partial charge in [-0.15, -0.1) is 0 Å². The van der Waals surface area contributed by atoms with Crippen LogP contribution in [0.4, 0.5) is 0 Å². The SMILES string of the molecule is Cc1nn(C)c(Cl)c1CNC1CCCc2c1cnn2-c1ccc(C(C)(C)C)cc1. The first kappa shape index (κ1) is 20.2. The molecular formula is C23H30ClN5. The Kier molecular flexibility index (Phi) is 5.30. The van der Waals surface area contributed by atoms with E-state index in [9.17, 15) is 0 Å². The third-order valence-corrected chi connectivity index (χ3v) is 6.43. The first-order chi connectivity index (χ1) is 13.8. The molecule has 0 aliphatic heterocycles. The van der Waals surface area contributed by atoms with E-state index in [-0.39, 0.29) is 11.5 Å².